The number of esters is 1. The van der Waals surface area contributed by atoms with Crippen LogP contribution >= 0.6 is 0 Å². The first-order chi connectivity index (χ1) is 9.49. The molecule has 1 aromatic carbocycles. The molecule has 1 aromatic rings. The summed E-state index contributed by atoms with van der Waals surface area (Å²) in [7, 11) is 0. The summed E-state index contributed by atoms with van der Waals surface area (Å²) < 4.78 is 5.44. The minimum absolute atomic E-state index is 0.00769. The molecule has 2 unspecified atom stereocenters. The molecular weight excluding hydrogens is 256 g/mol. The Morgan fingerprint density at radius 3 is 2.70 bits per heavy atom. The smallest absolute Gasteiger partial charge is 0.313 e. The average molecular weight is 276 g/mol. The molecule has 1 aliphatic carbocycles. The van der Waals surface area contributed by atoms with E-state index in [1.54, 1.807) is 0 Å². The molecule has 0 amide bonds. The van der Waals surface area contributed by atoms with Gasteiger partial charge >= 0.3 is 11.9 Å². The van der Waals surface area contributed by atoms with E-state index >= 15 is 0 Å². The molecule has 0 aliphatic heterocycles. The van der Waals surface area contributed by atoms with Crippen LogP contribution in [0.25, 0.3) is 0 Å². The Bertz CT molecular complexity index is 507. The number of carbonyl (C=O) groups excluding carboxylic acids is 1. The van der Waals surface area contributed by atoms with E-state index in [-0.39, 0.29) is 24.2 Å². The number of aliphatic carboxylic acids is 1. The summed E-state index contributed by atoms with van der Waals surface area (Å²) in [6.45, 7) is 3.73. The molecule has 0 spiro atoms. The molecule has 20 heavy (non-hydrogen) atoms. The molecule has 0 saturated carbocycles. The van der Waals surface area contributed by atoms with Crippen molar-refractivity contribution < 1.29 is 19.4 Å². The summed E-state index contributed by atoms with van der Waals surface area (Å²) in [6, 6.07) is 7.87. The van der Waals surface area contributed by atoms with E-state index in [0.29, 0.717) is 0 Å². The SMILES string of the molecule is CC(C)C(CC(=O)O)OC(=O)C1CCc2ccccc21. The molecule has 1 N–H and O–H groups in total. The van der Waals surface area contributed by atoms with E-state index in [1.807, 2.05) is 38.1 Å². The maximum absolute atomic E-state index is 12.3. The van der Waals surface area contributed by atoms with E-state index in [0.717, 1.165) is 18.4 Å². The van der Waals surface area contributed by atoms with Crippen molar-refractivity contribution in [3.8, 4) is 0 Å². The second-order valence-corrected chi connectivity index (χ2v) is 5.61. The zero-order valence-corrected chi connectivity index (χ0v) is 11.8. The Labute approximate surface area is 118 Å². The van der Waals surface area contributed by atoms with Crippen molar-refractivity contribution in [2.45, 2.75) is 45.1 Å². The van der Waals surface area contributed by atoms with Gasteiger partial charge < -0.3 is 9.84 Å². The fourth-order valence-electron chi connectivity index (χ4n) is 2.62. The number of carbonyl (C=O) groups is 2. The van der Waals surface area contributed by atoms with E-state index in [1.165, 1.54) is 5.56 Å². The summed E-state index contributed by atoms with van der Waals surface area (Å²) >= 11 is 0. The minimum Gasteiger partial charge on any atom is -0.481 e. The molecule has 1 aliphatic rings. The molecule has 0 fully saturated rings. The third kappa shape index (κ3) is 3.18. The zero-order valence-electron chi connectivity index (χ0n) is 11.8. The first-order valence-electron chi connectivity index (χ1n) is 6.99. The van der Waals surface area contributed by atoms with Gasteiger partial charge in [-0.25, -0.2) is 0 Å². The number of carboxylic acids is 1. The minimum atomic E-state index is -0.941. The number of aryl methyl sites for hydroxylation is 1. The van der Waals surface area contributed by atoms with Gasteiger partial charge in [0.05, 0.1) is 12.3 Å². The molecule has 0 saturated heterocycles. The Morgan fingerprint density at radius 1 is 1.35 bits per heavy atom. The van der Waals surface area contributed by atoms with Crippen LogP contribution in [0.3, 0.4) is 0 Å². The van der Waals surface area contributed by atoms with Gasteiger partial charge in [0.1, 0.15) is 6.10 Å². The van der Waals surface area contributed by atoms with Crippen LogP contribution in [-0.4, -0.2) is 23.1 Å². The lowest BCUT2D eigenvalue weighted by Crippen LogP contribution is -2.28. The standard InChI is InChI=1S/C16H20O4/c1-10(2)14(9-15(17)18)20-16(19)13-8-7-11-5-3-4-6-12(11)13/h3-6,10,13-14H,7-9H2,1-2H3,(H,17,18). The van der Waals surface area contributed by atoms with Crippen LogP contribution < -0.4 is 0 Å². The van der Waals surface area contributed by atoms with Gasteiger partial charge in [0.15, 0.2) is 0 Å². The maximum atomic E-state index is 12.3. The predicted molar refractivity (Wildman–Crippen MR) is 74.5 cm³/mol. The molecule has 0 heterocycles. The highest BCUT2D eigenvalue weighted by atomic mass is 16.5. The lowest BCUT2D eigenvalue weighted by Gasteiger charge is -2.22. The predicted octanol–water partition coefficient (Wildman–Crippen LogP) is 2.76. The van der Waals surface area contributed by atoms with Crippen LogP contribution in [0.4, 0.5) is 0 Å². The summed E-state index contributed by atoms with van der Waals surface area (Å²) in [5, 5.41) is 8.88. The number of benzene rings is 1. The molecule has 108 valence electrons. The van der Waals surface area contributed by atoms with E-state index in [2.05, 4.69) is 0 Å². The Balaban J connectivity index is 2.07. The maximum Gasteiger partial charge on any atom is 0.313 e. The van der Waals surface area contributed by atoms with Gasteiger partial charge in [-0.15, -0.1) is 0 Å². The Hall–Kier alpha value is -1.84. The largest absolute Gasteiger partial charge is 0.481 e. The van der Waals surface area contributed by atoms with Gasteiger partial charge in [0.25, 0.3) is 0 Å². The van der Waals surface area contributed by atoms with E-state index < -0.39 is 12.1 Å². The molecule has 0 aromatic heterocycles. The van der Waals surface area contributed by atoms with Crippen molar-refractivity contribution in [3.05, 3.63) is 35.4 Å². The highest BCUT2D eigenvalue weighted by Crippen LogP contribution is 2.34. The van der Waals surface area contributed by atoms with Gasteiger partial charge in [-0.05, 0) is 29.9 Å². The van der Waals surface area contributed by atoms with Gasteiger partial charge in [0.2, 0.25) is 0 Å². The lowest BCUT2D eigenvalue weighted by atomic mass is 10.0. The summed E-state index contributed by atoms with van der Waals surface area (Å²) in [6.07, 6.45) is 0.919. The Kier molecular flexibility index (Phi) is 4.42. The van der Waals surface area contributed by atoms with Crippen molar-refractivity contribution in [1.29, 1.82) is 0 Å². The normalized spacial score (nSPS) is 18.6. The highest BCUT2D eigenvalue weighted by molar-refractivity contribution is 5.80. The van der Waals surface area contributed by atoms with Crippen LogP contribution in [0.5, 0.6) is 0 Å². The monoisotopic (exact) mass is 276 g/mol. The molecule has 4 heteroatoms. The fourth-order valence-corrected chi connectivity index (χ4v) is 2.62. The topological polar surface area (TPSA) is 63.6 Å². The van der Waals surface area contributed by atoms with Crippen LogP contribution in [-0.2, 0) is 20.7 Å². The Morgan fingerprint density at radius 2 is 2.05 bits per heavy atom. The van der Waals surface area contributed by atoms with Gasteiger partial charge in [-0.2, -0.15) is 0 Å². The van der Waals surface area contributed by atoms with Crippen molar-refractivity contribution in [1.82, 2.24) is 0 Å². The van der Waals surface area contributed by atoms with Crippen LogP contribution in [0, 0.1) is 5.92 Å². The first-order valence-corrected chi connectivity index (χ1v) is 6.99. The third-order valence-corrected chi connectivity index (χ3v) is 3.80. The number of hydrogen-bond acceptors (Lipinski definition) is 3. The molecule has 2 atom stereocenters. The fraction of sp³-hybridized carbons (Fsp3) is 0.500. The van der Waals surface area contributed by atoms with E-state index in [9.17, 15) is 9.59 Å². The lowest BCUT2D eigenvalue weighted by molar-refractivity contribution is -0.156. The number of rotatable bonds is 5. The quantitative estimate of drug-likeness (QED) is 0.840. The van der Waals surface area contributed by atoms with Crippen LogP contribution in [0.1, 0.15) is 43.7 Å². The number of ether oxygens (including phenoxy) is 1. The number of carboxylic acid groups (broad SMARTS) is 1. The van der Waals surface area contributed by atoms with Gasteiger partial charge in [0, 0.05) is 0 Å². The molecule has 0 bridgehead atoms. The number of hydrogen-bond donors (Lipinski definition) is 1. The second kappa shape index (κ2) is 6.07. The number of fused-ring (bicyclic) bond motifs is 1. The molecular formula is C16H20O4. The second-order valence-electron chi connectivity index (χ2n) is 5.61. The van der Waals surface area contributed by atoms with Crippen LogP contribution in [0.2, 0.25) is 0 Å². The molecule has 4 nitrogen and oxygen atoms in total. The summed E-state index contributed by atoms with van der Waals surface area (Å²) in [4.78, 5) is 23.1. The van der Waals surface area contributed by atoms with Crippen LogP contribution in [0.15, 0.2) is 24.3 Å². The van der Waals surface area contributed by atoms with Crippen molar-refractivity contribution in [2.24, 2.45) is 5.92 Å². The first kappa shape index (κ1) is 14.6. The van der Waals surface area contributed by atoms with Crippen molar-refractivity contribution in [3.63, 3.8) is 0 Å². The summed E-state index contributed by atoms with van der Waals surface area (Å²) in [5.74, 6) is -1.49. The van der Waals surface area contributed by atoms with E-state index in [4.69, 9.17) is 9.84 Å². The molecule has 2 rings (SSSR count). The van der Waals surface area contributed by atoms with Crippen molar-refractivity contribution in [2.75, 3.05) is 0 Å². The zero-order chi connectivity index (χ0) is 14.7. The average Bonchev–Trinajstić information content (AvgIpc) is 2.81. The van der Waals surface area contributed by atoms with Gasteiger partial charge in [-0.3, -0.25) is 9.59 Å². The highest BCUT2D eigenvalue weighted by Gasteiger charge is 2.32. The third-order valence-electron chi connectivity index (χ3n) is 3.80. The summed E-state index contributed by atoms with van der Waals surface area (Å²) in [5.41, 5.74) is 2.21. The molecule has 0 radical (unpaired) electrons. The van der Waals surface area contributed by atoms with Crippen molar-refractivity contribution >= 4 is 11.9 Å². The van der Waals surface area contributed by atoms with Gasteiger partial charge in [-0.1, -0.05) is 38.1 Å².